The zero-order chi connectivity index (χ0) is 7.40. The van der Waals surface area contributed by atoms with E-state index in [9.17, 15) is 4.79 Å². The Morgan fingerprint density at radius 3 is 3.20 bits per heavy atom. The quantitative estimate of drug-likeness (QED) is 0.489. The van der Waals surface area contributed by atoms with Gasteiger partial charge in [-0.25, -0.2) is 0 Å². The lowest BCUT2D eigenvalue weighted by Crippen LogP contribution is -2.39. The number of carbonyl (C=O) groups is 1. The summed E-state index contributed by atoms with van der Waals surface area (Å²) in [6, 6.07) is 0. The molecule has 1 unspecified atom stereocenters. The Morgan fingerprint density at radius 2 is 2.40 bits per heavy atom. The van der Waals surface area contributed by atoms with Crippen LogP contribution in [-0.2, 0) is 4.79 Å². The Kier molecular flexibility index (Phi) is 2.68. The molecule has 3 nitrogen and oxygen atoms in total. The van der Waals surface area contributed by atoms with Crippen molar-refractivity contribution in [3.05, 3.63) is 0 Å². The van der Waals surface area contributed by atoms with Crippen molar-refractivity contribution in [3.8, 4) is 0 Å². The predicted molar refractivity (Wildman–Crippen MR) is 39.7 cm³/mol. The van der Waals surface area contributed by atoms with Gasteiger partial charge in [-0.05, 0) is 18.9 Å². The molecule has 58 valence electrons. The molecular weight excluding hydrogens is 128 g/mol. The summed E-state index contributed by atoms with van der Waals surface area (Å²) in [5, 5.41) is 5.89. The summed E-state index contributed by atoms with van der Waals surface area (Å²) < 4.78 is 0. The number of hydrogen-bond donors (Lipinski definition) is 2. The normalized spacial score (nSPS) is 28.5. The molecule has 1 heterocycles. The first-order valence-corrected chi connectivity index (χ1v) is 3.76. The van der Waals surface area contributed by atoms with E-state index in [2.05, 4.69) is 17.6 Å². The Balaban J connectivity index is 2.27. The molecule has 0 spiro atoms. The summed E-state index contributed by atoms with van der Waals surface area (Å²) in [6.45, 7) is 4.46. The molecular formula is C7H14N2O. The SMILES string of the molecule is CC1CCNC(=O)CNC1. The molecule has 1 aliphatic rings. The first-order valence-electron chi connectivity index (χ1n) is 3.76. The van der Waals surface area contributed by atoms with Gasteiger partial charge >= 0.3 is 0 Å². The topological polar surface area (TPSA) is 41.1 Å². The fraction of sp³-hybridized carbons (Fsp3) is 0.857. The van der Waals surface area contributed by atoms with Crippen molar-refractivity contribution >= 4 is 5.91 Å². The van der Waals surface area contributed by atoms with E-state index in [1.165, 1.54) is 0 Å². The first kappa shape index (κ1) is 7.54. The smallest absolute Gasteiger partial charge is 0.233 e. The highest BCUT2D eigenvalue weighted by Gasteiger charge is 2.08. The summed E-state index contributed by atoms with van der Waals surface area (Å²) in [4.78, 5) is 10.8. The number of amides is 1. The summed E-state index contributed by atoms with van der Waals surface area (Å²) >= 11 is 0. The molecule has 1 amide bonds. The molecule has 1 fully saturated rings. The average molecular weight is 142 g/mol. The van der Waals surface area contributed by atoms with Gasteiger partial charge < -0.3 is 10.6 Å². The van der Waals surface area contributed by atoms with E-state index < -0.39 is 0 Å². The van der Waals surface area contributed by atoms with E-state index in [4.69, 9.17) is 0 Å². The molecule has 0 aliphatic carbocycles. The van der Waals surface area contributed by atoms with Crippen molar-refractivity contribution in [1.82, 2.24) is 10.6 Å². The van der Waals surface area contributed by atoms with E-state index in [1.54, 1.807) is 0 Å². The van der Waals surface area contributed by atoms with E-state index in [0.717, 1.165) is 19.5 Å². The van der Waals surface area contributed by atoms with Gasteiger partial charge in [-0.15, -0.1) is 0 Å². The van der Waals surface area contributed by atoms with Crippen LogP contribution in [0.5, 0.6) is 0 Å². The van der Waals surface area contributed by atoms with Crippen LogP contribution in [0.25, 0.3) is 0 Å². The highest BCUT2D eigenvalue weighted by atomic mass is 16.1. The van der Waals surface area contributed by atoms with Crippen molar-refractivity contribution in [1.29, 1.82) is 0 Å². The van der Waals surface area contributed by atoms with Gasteiger partial charge in [0.05, 0.1) is 6.54 Å². The Morgan fingerprint density at radius 1 is 1.60 bits per heavy atom. The molecule has 0 aromatic rings. The average Bonchev–Trinajstić information content (AvgIpc) is 1.84. The zero-order valence-electron chi connectivity index (χ0n) is 6.31. The standard InChI is InChI=1S/C7H14N2O/c1-6-2-3-9-7(10)5-8-4-6/h6,8H,2-5H2,1H3,(H,9,10). The van der Waals surface area contributed by atoms with Crippen molar-refractivity contribution in [3.63, 3.8) is 0 Å². The maximum Gasteiger partial charge on any atom is 0.233 e. The summed E-state index contributed by atoms with van der Waals surface area (Å²) in [5.74, 6) is 0.799. The van der Waals surface area contributed by atoms with E-state index in [1.807, 2.05) is 0 Å². The molecule has 2 N–H and O–H groups in total. The molecule has 0 bridgehead atoms. The molecule has 0 radical (unpaired) electrons. The Hall–Kier alpha value is -0.570. The number of rotatable bonds is 0. The number of hydrogen-bond acceptors (Lipinski definition) is 2. The second-order valence-corrected chi connectivity index (χ2v) is 2.87. The molecule has 0 saturated carbocycles. The van der Waals surface area contributed by atoms with Gasteiger partial charge in [0.2, 0.25) is 5.91 Å². The largest absolute Gasteiger partial charge is 0.355 e. The summed E-state index contributed by atoms with van der Waals surface area (Å²) in [6.07, 6.45) is 1.08. The van der Waals surface area contributed by atoms with Crippen LogP contribution >= 0.6 is 0 Å². The number of carbonyl (C=O) groups excluding carboxylic acids is 1. The Labute approximate surface area is 61.2 Å². The van der Waals surface area contributed by atoms with Crippen LogP contribution in [0.4, 0.5) is 0 Å². The molecule has 1 atom stereocenters. The molecule has 10 heavy (non-hydrogen) atoms. The third-order valence-electron chi connectivity index (χ3n) is 1.74. The minimum atomic E-state index is 0.118. The van der Waals surface area contributed by atoms with E-state index in [0.29, 0.717) is 12.5 Å². The molecule has 0 aromatic heterocycles. The lowest BCUT2D eigenvalue weighted by atomic mass is 10.1. The molecule has 3 heteroatoms. The van der Waals surface area contributed by atoms with Gasteiger partial charge in [0.1, 0.15) is 0 Å². The van der Waals surface area contributed by atoms with Crippen LogP contribution in [0.3, 0.4) is 0 Å². The van der Waals surface area contributed by atoms with Crippen molar-refractivity contribution in [2.24, 2.45) is 5.92 Å². The van der Waals surface area contributed by atoms with Crippen molar-refractivity contribution in [2.45, 2.75) is 13.3 Å². The van der Waals surface area contributed by atoms with Crippen LogP contribution in [0, 0.1) is 5.92 Å². The monoisotopic (exact) mass is 142 g/mol. The highest BCUT2D eigenvalue weighted by molar-refractivity contribution is 5.77. The fourth-order valence-corrected chi connectivity index (χ4v) is 1.05. The van der Waals surface area contributed by atoms with Gasteiger partial charge in [0, 0.05) is 6.54 Å². The molecule has 0 aromatic carbocycles. The first-order chi connectivity index (χ1) is 4.79. The second kappa shape index (κ2) is 3.56. The Bertz CT molecular complexity index is 113. The second-order valence-electron chi connectivity index (χ2n) is 2.87. The number of nitrogens with one attached hydrogen (secondary N) is 2. The van der Waals surface area contributed by atoms with Gasteiger partial charge in [-0.3, -0.25) is 4.79 Å². The molecule has 1 aliphatic heterocycles. The lowest BCUT2D eigenvalue weighted by molar-refractivity contribution is -0.120. The third kappa shape index (κ3) is 2.35. The third-order valence-corrected chi connectivity index (χ3v) is 1.74. The van der Waals surface area contributed by atoms with E-state index >= 15 is 0 Å². The lowest BCUT2D eigenvalue weighted by Gasteiger charge is -2.16. The van der Waals surface area contributed by atoms with Crippen LogP contribution in [-0.4, -0.2) is 25.5 Å². The summed E-state index contributed by atoms with van der Waals surface area (Å²) in [5.41, 5.74) is 0. The highest BCUT2D eigenvalue weighted by Crippen LogP contribution is 1.98. The van der Waals surface area contributed by atoms with Gasteiger partial charge in [-0.1, -0.05) is 6.92 Å². The fourth-order valence-electron chi connectivity index (χ4n) is 1.05. The van der Waals surface area contributed by atoms with Crippen LogP contribution in [0.1, 0.15) is 13.3 Å². The minimum Gasteiger partial charge on any atom is -0.355 e. The summed E-state index contributed by atoms with van der Waals surface area (Å²) in [7, 11) is 0. The van der Waals surface area contributed by atoms with Crippen molar-refractivity contribution < 1.29 is 4.79 Å². The molecule has 1 saturated heterocycles. The maximum absolute atomic E-state index is 10.8. The zero-order valence-corrected chi connectivity index (χ0v) is 6.31. The van der Waals surface area contributed by atoms with Gasteiger partial charge in [0.15, 0.2) is 0 Å². The maximum atomic E-state index is 10.8. The van der Waals surface area contributed by atoms with Gasteiger partial charge in [-0.2, -0.15) is 0 Å². The van der Waals surface area contributed by atoms with Crippen LogP contribution < -0.4 is 10.6 Å². The van der Waals surface area contributed by atoms with Crippen molar-refractivity contribution in [2.75, 3.05) is 19.6 Å². The molecule has 1 rings (SSSR count). The predicted octanol–water partition coefficient (Wildman–Crippen LogP) is -0.268. The van der Waals surface area contributed by atoms with E-state index in [-0.39, 0.29) is 5.91 Å². The van der Waals surface area contributed by atoms with Gasteiger partial charge in [0.25, 0.3) is 0 Å². The van der Waals surface area contributed by atoms with Crippen LogP contribution in [0.15, 0.2) is 0 Å². The van der Waals surface area contributed by atoms with Crippen LogP contribution in [0.2, 0.25) is 0 Å². The minimum absolute atomic E-state index is 0.118.